The number of benzene rings is 1. The Labute approximate surface area is 98.9 Å². The molecule has 2 aromatic rings. The SMILES string of the molecule is Cc1sc2ccc(Cl)cc2c1CCCN. The van der Waals surface area contributed by atoms with Gasteiger partial charge < -0.3 is 5.73 Å². The van der Waals surface area contributed by atoms with Gasteiger partial charge in [0.25, 0.3) is 0 Å². The highest BCUT2D eigenvalue weighted by molar-refractivity contribution is 7.19. The van der Waals surface area contributed by atoms with Gasteiger partial charge in [-0.25, -0.2) is 0 Å². The zero-order valence-electron chi connectivity index (χ0n) is 8.72. The van der Waals surface area contributed by atoms with E-state index in [1.165, 1.54) is 20.5 Å². The Balaban J connectivity index is 2.50. The van der Waals surface area contributed by atoms with Crippen molar-refractivity contribution in [1.29, 1.82) is 0 Å². The van der Waals surface area contributed by atoms with E-state index < -0.39 is 0 Å². The summed E-state index contributed by atoms with van der Waals surface area (Å²) in [7, 11) is 0. The van der Waals surface area contributed by atoms with E-state index in [9.17, 15) is 0 Å². The van der Waals surface area contributed by atoms with Gasteiger partial charge in [0.1, 0.15) is 0 Å². The van der Waals surface area contributed by atoms with Gasteiger partial charge in [-0.15, -0.1) is 11.3 Å². The lowest BCUT2D eigenvalue weighted by Crippen LogP contribution is -2.00. The number of fused-ring (bicyclic) bond motifs is 1. The van der Waals surface area contributed by atoms with Crippen molar-refractivity contribution < 1.29 is 0 Å². The van der Waals surface area contributed by atoms with Gasteiger partial charge in [0, 0.05) is 14.6 Å². The van der Waals surface area contributed by atoms with Crippen LogP contribution in [0.1, 0.15) is 16.9 Å². The van der Waals surface area contributed by atoms with Crippen LogP contribution in [0.3, 0.4) is 0 Å². The van der Waals surface area contributed by atoms with E-state index in [0.29, 0.717) is 0 Å². The maximum absolute atomic E-state index is 6.01. The minimum atomic E-state index is 0.747. The highest BCUT2D eigenvalue weighted by Crippen LogP contribution is 2.33. The Kier molecular flexibility index (Phi) is 3.29. The third-order valence-electron chi connectivity index (χ3n) is 2.59. The van der Waals surface area contributed by atoms with Crippen LogP contribution in [0.4, 0.5) is 0 Å². The summed E-state index contributed by atoms with van der Waals surface area (Å²) in [5.41, 5.74) is 6.97. The van der Waals surface area contributed by atoms with Crippen LogP contribution in [0.15, 0.2) is 18.2 Å². The Morgan fingerprint density at radius 3 is 2.93 bits per heavy atom. The molecule has 0 aliphatic carbocycles. The van der Waals surface area contributed by atoms with Crippen LogP contribution in [0, 0.1) is 6.92 Å². The van der Waals surface area contributed by atoms with Crippen molar-refractivity contribution in [2.75, 3.05) is 6.54 Å². The molecule has 1 heterocycles. The molecule has 2 N–H and O–H groups in total. The van der Waals surface area contributed by atoms with Gasteiger partial charge in [-0.05, 0) is 55.5 Å². The lowest BCUT2D eigenvalue weighted by Gasteiger charge is -2.00. The monoisotopic (exact) mass is 239 g/mol. The summed E-state index contributed by atoms with van der Waals surface area (Å²) in [6.07, 6.45) is 2.10. The average Bonchev–Trinajstić information content (AvgIpc) is 2.51. The number of halogens is 1. The molecule has 0 fully saturated rings. The minimum Gasteiger partial charge on any atom is -0.330 e. The maximum Gasteiger partial charge on any atom is 0.0413 e. The Hall–Kier alpha value is -0.570. The molecule has 1 aromatic heterocycles. The number of nitrogens with two attached hydrogens (primary N) is 1. The molecule has 0 bridgehead atoms. The van der Waals surface area contributed by atoms with Gasteiger partial charge in [-0.3, -0.25) is 0 Å². The van der Waals surface area contributed by atoms with Crippen molar-refractivity contribution in [3.8, 4) is 0 Å². The van der Waals surface area contributed by atoms with E-state index in [1.807, 2.05) is 17.4 Å². The smallest absolute Gasteiger partial charge is 0.0413 e. The molecule has 0 amide bonds. The number of hydrogen-bond acceptors (Lipinski definition) is 2. The van der Waals surface area contributed by atoms with Crippen LogP contribution in [0.5, 0.6) is 0 Å². The predicted molar refractivity (Wildman–Crippen MR) is 68.9 cm³/mol. The van der Waals surface area contributed by atoms with Crippen molar-refractivity contribution in [1.82, 2.24) is 0 Å². The molecular formula is C12H14ClNS. The van der Waals surface area contributed by atoms with Crippen LogP contribution in [0.2, 0.25) is 5.02 Å². The fourth-order valence-electron chi connectivity index (χ4n) is 1.83. The molecule has 2 rings (SSSR count). The van der Waals surface area contributed by atoms with Gasteiger partial charge in [-0.2, -0.15) is 0 Å². The standard InChI is InChI=1S/C12H14ClNS/c1-8-10(3-2-6-14)11-7-9(13)4-5-12(11)15-8/h4-5,7H,2-3,6,14H2,1H3. The van der Waals surface area contributed by atoms with Crippen LogP contribution in [-0.2, 0) is 6.42 Å². The fraction of sp³-hybridized carbons (Fsp3) is 0.333. The molecule has 0 atom stereocenters. The normalized spacial score (nSPS) is 11.1. The molecule has 0 aliphatic rings. The van der Waals surface area contributed by atoms with Gasteiger partial charge in [0.15, 0.2) is 0 Å². The van der Waals surface area contributed by atoms with Gasteiger partial charge in [-0.1, -0.05) is 11.6 Å². The molecule has 1 aromatic carbocycles. The fourth-order valence-corrected chi connectivity index (χ4v) is 3.10. The van der Waals surface area contributed by atoms with Crippen LogP contribution >= 0.6 is 22.9 Å². The molecule has 15 heavy (non-hydrogen) atoms. The Morgan fingerprint density at radius 2 is 2.20 bits per heavy atom. The summed E-state index contributed by atoms with van der Waals surface area (Å²) in [6, 6.07) is 6.11. The molecule has 1 nitrogen and oxygen atoms in total. The highest BCUT2D eigenvalue weighted by atomic mass is 35.5. The summed E-state index contributed by atoms with van der Waals surface area (Å²) >= 11 is 7.85. The van der Waals surface area contributed by atoms with Crippen LogP contribution in [-0.4, -0.2) is 6.54 Å². The number of rotatable bonds is 3. The third-order valence-corrected chi connectivity index (χ3v) is 3.95. The van der Waals surface area contributed by atoms with Gasteiger partial charge in [0.2, 0.25) is 0 Å². The lowest BCUT2D eigenvalue weighted by atomic mass is 10.1. The first-order valence-electron chi connectivity index (χ1n) is 5.10. The molecule has 0 radical (unpaired) electrons. The minimum absolute atomic E-state index is 0.747. The van der Waals surface area contributed by atoms with E-state index in [2.05, 4.69) is 19.1 Å². The second-order valence-corrected chi connectivity index (χ2v) is 5.36. The molecule has 0 saturated heterocycles. The van der Waals surface area contributed by atoms with Gasteiger partial charge in [0.05, 0.1) is 0 Å². The van der Waals surface area contributed by atoms with E-state index in [-0.39, 0.29) is 0 Å². The topological polar surface area (TPSA) is 26.0 Å². The second kappa shape index (κ2) is 4.52. The second-order valence-electron chi connectivity index (χ2n) is 3.67. The summed E-state index contributed by atoms with van der Waals surface area (Å²) in [4.78, 5) is 1.39. The number of aryl methyl sites for hydroxylation is 2. The Morgan fingerprint density at radius 1 is 1.40 bits per heavy atom. The molecule has 0 aliphatic heterocycles. The van der Waals surface area contributed by atoms with E-state index in [1.54, 1.807) is 0 Å². The van der Waals surface area contributed by atoms with Crippen LogP contribution in [0.25, 0.3) is 10.1 Å². The third kappa shape index (κ3) is 2.17. The predicted octanol–water partition coefficient (Wildman–Crippen LogP) is 3.75. The van der Waals surface area contributed by atoms with E-state index >= 15 is 0 Å². The Bertz CT molecular complexity index is 476. The summed E-state index contributed by atoms with van der Waals surface area (Å²) < 4.78 is 1.32. The van der Waals surface area contributed by atoms with Gasteiger partial charge >= 0.3 is 0 Å². The largest absolute Gasteiger partial charge is 0.330 e. The first kappa shape index (κ1) is 10.9. The van der Waals surface area contributed by atoms with Crippen molar-refractivity contribution in [3.63, 3.8) is 0 Å². The number of hydrogen-bond donors (Lipinski definition) is 1. The first-order valence-corrected chi connectivity index (χ1v) is 6.29. The van der Waals surface area contributed by atoms with Crippen LogP contribution < -0.4 is 5.73 Å². The lowest BCUT2D eigenvalue weighted by molar-refractivity contribution is 0.835. The summed E-state index contributed by atoms with van der Waals surface area (Å²) in [5, 5.41) is 2.12. The van der Waals surface area contributed by atoms with Crippen molar-refractivity contribution in [2.45, 2.75) is 19.8 Å². The zero-order valence-corrected chi connectivity index (χ0v) is 10.3. The van der Waals surface area contributed by atoms with E-state index in [4.69, 9.17) is 17.3 Å². The zero-order chi connectivity index (χ0) is 10.8. The average molecular weight is 240 g/mol. The maximum atomic E-state index is 6.01. The molecule has 0 spiro atoms. The molecule has 0 unspecified atom stereocenters. The summed E-state index contributed by atoms with van der Waals surface area (Å²) in [6.45, 7) is 2.92. The molecule has 80 valence electrons. The van der Waals surface area contributed by atoms with Crippen molar-refractivity contribution >= 4 is 33.0 Å². The van der Waals surface area contributed by atoms with Crippen molar-refractivity contribution in [2.24, 2.45) is 5.73 Å². The van der Waals surface area contributed by atoms with E-state index in [0.717, 1.165) is 24.4 Å². The highest BCUT2D eigenvalue weighted by Gasteiger charge is 2.08. The van der Waals surface area contributed by atoms with Crippen molar-refractivity contribution in [3.05, 3.63) is 33.7 Å². The molecular weight excluding hydrogens is 226 g/mol. The first-order chi connectivity index (χ1) is 7.22. The number of thiophene rings is 1. The summed E-state index contributed by atoms with van der Waals surface area (Å²) in [5.74, 6) is 0. The molecule has 0 saturated carbocycles. The molecule has 3 heteroatoms. The quantitative estimate of drug-likeness (QED) is 0.867.